The van der Waals surface area contributed by atoms with Crippen molar-refractivity contribution in [2.75, 3.05) is 0 Å². The van der Waals surface area contributed by atoms with E-state index in [9.17, 15) is 10.1 Å². The third-order valence-electron chi connectivity index (χ3n) is 1.25. The molecule has 0 aliphatic heterocycles. The summed E-state index contributed by atoms with van der Waals surface area (Å²) in [6.45, 7) is 0. The first-order valence-corrected chi connectivity index (χ1v) is 3.71. The number of benzene rings is 1. The molecule has 6 nitrogen and oxygen atoms in total. The van der Waals surface area contributed by atoms with E-state index < -0.39 is 4.92 Å². The van der Waals surface area contributed by atoms with Gasteiger partial charge in [0.05, 0.1) is 11.1 Å². The van der Waals surface area contributed by atoms with E-state index >= 15 is 0 Å². The molecule has 0 atom stereocenters. The second-order valence-corrected chi connectivity index (χ2v) is 2.18. The van der Waals surface area contributed by atoms with Crippen molar-refractivity contribution in [3.63, 3.8) is 0 Å². The summed E-state index contributed by atoms with van der Waals surface area (Å²) in [6, 6.07) is 7.93. The minimum atomic E-state index is -0.417. The summed E-state index contributed by atoms with van der Waals surface area (Å²) in [5, 5.41) is 16.4. The van der Waals surface area contributed by atoms with Crippen molar-refractivity contribution in [3.05, 3.63) is 52.9 Å². The van der Waals surface area contributed by atoms with Crippen LogP contribution in [0, 0.1) is 10.1 Å². The van der Waals surface area contributed by atoms with Crippen molar-refractivity contribution in [3.8, 4) is 0 Å². The highest BCUT2D eigenvalue weighted by Crippen LogP contribution is 2.06. The van der Waals surface area contributed by atoms with E-state index in [-0.39, 0.29) is 5.69 Å². The highest BCUT2D eigenvalue weighted by molar-refractivity contribution is 5.27. The van der Waals surface area contributed by atoms with Crippen LogP contribution in [0.3, 0.4) is 0 Å². The second kappa shape index (κ2) is 5.41. The zero-order chi connectivity index (χ0) is 10.2. The van der Waals surface area contributed by atoms with Gasteiger partial charge in [0, 0.05) is 17.4 Å². The van der Waals surface area contributed by atoms with Gasteiger partial charge in [-0.25, -0.2) is 0 Å². The quantitative estimate of drug-likeness (QED) is 0.508. The number of hydrogen-bond acceptors (Lipinski definition) is 5. The lowest BCUT2D eigenvalue weighted by molar-refractivity contribution is -0.384. The average Bonchev–Trinajstić information content (AvgIpc) is 2.77. The molecule has 14 heavy (non-hydrogen) atoms. The van der Waals surface area contributed by atoms with Gasteiger partial charge in [0.15, 0.2) is 0 Å². The fraction of sp³-hybridized carbons (Fsp3) is 0. The summed E-state index contributed by atoms with van der Waals surface area (Å²) in [4.78, 5) is 9.59. The van der Waals surface area contributed by atoms with Gasteiger partial charge in [-0.05, 0) is 0 Å². The maximum Gasteiger partial charge on any atom is 0.269 e. The van der Waals surface area contributed by atoms with E-state index in [0.29, 0.717) is 0 Å². The second-order valence-electron chi connectivity index (χ2n) is 2.18. The third-order valence-corrected chi connectivity index (χ3v) is 1.25. The van der Waals surface area contributed by atoms with Gasteiger partial charge in [-0.3, -0.25) is 10.1 Å². The van der Waals surface area contributed by atoms with Crippen LogP contribution in [0.1, 0.15) is 0 Å². The predicted octanol–water partition coefficient (Wildman–Crippen LogP) is 1.66. The first-order chi connectivity index (χ1) is 6.80. The van der Waals surface area contributed by atoms with E-state index in [4.69, 9.17) is 0 Å². The number of hydrogen-bond donors (Lipinski definition) is 0. The molecule has 0 saturated carbocycles. The molecular weight excluding hydrogens is 186 g/mol. The van der Waals surface area contributed by atoms with Crippen LogP contribution >= 0.6 is 0 Å². The number of nitrogens with zero attached hydrogens (tertiary/aromatic N) is 3. The SMILES string of the molecule is O=[N+]([O-])c1ccccc1.c1conn1. The standard InChI is InChI=1S/C6H5NO2.C2H2N2O/c8-7(9)6-4-2-1-3-5-6;1-2-5-4-3-1/h1-5H;1-2H. The maximum atomic E-state index is 10.0. The Kier molecular flexibility index (Phi) is 3.81. The molecule has 6 heteroatoms. The third kappa shape index (κ3) is 3.44. The van der Waals surface area contributed by atoms with Crippen molar-refractivity contribution in [2.45, 2.75) is 0 Å². The Bertz CT molecular complexity index is 343. The van der Waals surface area contributed by atoms with Gasteiger partial charge < -0.3 is 4.52 Å². The summed E-state index contributed by atoms with van der Waals surface area (Å²) in [6.07, 6.45) is 2.88. The average molecular weight is 193 g/mol. The van der Waals surface area contributed by atoms with Crippen LogP contribution in [-0.4, -0.2) is 15.3 Å². The molecule has 2 rings (SSSR count). The van der Waals surface area contributed by atoms with Crippen LogP contribution < -0.4 is 0 Å². The molecule has 0 fully saturated rings. The van der Waals surface area contributed by atoms with Crippen LogP contribution in [0.15, 0.2) is 47.3 Å². The Morgan fingerprint density at radius 2 is 2.00 bits per heavy atom. The lowest BCUT2D eigenvalue weighted by atomic mass is 10.3. The van der Waals surface area contributed by atoms with Crippen molar-refractivity contribution in [1.29, 1.82) is 0 Å². The summed E-state index contributed by atoms with van der Waals surface area (Å²) < 4.78 is 4.22. The molecule has 0 radical (unpaired) electrons. The number of para-hydroxylation sites is 1. The lowest BCUT2D eigenvalue weighted by Gasteiger charge is -1.85. The number of nitro groups is 1. The first kappa shape index (κ1) is 9.85. The first-order valence-electron chi connectivity index (χ1n) is 3.71. The van der Waals surface area contributed by atoms with Crippen molar-refractivity contribution in [1.82, 2.24) is 10.4 Å². The molecule has 0 saturated heterocycles. The Morgan fingerprint density at radius 3 is 2.29 bits per heavy atom. The highest BCUT2D eigenvalue weighted by atomic mass is 16.6. The molecule has 0 unspecified atom stereocenters. The van der Waals surface area contributed by atoms with Gasteiger partial charge in [-0.15, -0.1) is 5.10 Å². The Balaban J connectivity index is 0.000000165. The van der Waals surface area contributed by atoms with Crippen LogP contribution in [-0.2, 0) is 0 Å². The van der Waals surface area contributed by atoms with Gasteiger partial charge in [0.1, 0.15) is 6.26 Å². The van der Waals surface area contributed by atoms with Crippen molar-refractivity contribution in [2.24, 2.45) is 0 Å². The topological polar surface area (TPSA) is 82.1 Å². The van der Waals surface area contributed by atoms with Crippen molar-refractivity contribution >= 4 is 5.69 Å². The van der Waals surface area contributed by atoms with E-state index in [2.05, 4.69) is 14.9 Å². The minimum Gasteiger partial charge on any atom is -0.346 e. The van der Waals surface area contributed by atoms with E-state index in [1.807, 2.05) is 0 Å². The smallest absolute Gasteiger partial charge is 0.269 e. The van der Waals surface area contributed by atoms with E-state index in [1.54, 1.807) is 18.2 Å². The normalized spacial score (nSPS) is 8.57. The van der Waals surface area contributed by atoms with E-state index in [1.165, 1.54) is 24.6 Å². The minimum absolute atomic E-state index is 0.137. The summed E-state index contributed by atoms with van der Waals surface area (Å²) in [5.74, 6) is 0. The highest BCUT2D eigenvalue weighted by Gasteiger charge is 1.98. The van der Waals surface area contributed by atoms with Gasteiger partial charge in [0.2, 0.25) is 0 Å². The molecule has 0 bridgehead atoms. The predicted molar refractivity (Wildman–Crippen MR) is 47.4 cm³/mol. The summed E-state index contributed by atoms with van der Waals surface area (Å²) >= 11 is 0. The largest absolute Gasteiger partial charge is 0.346 e. The number of rotatable bonds is 1. The molecule has 72 valence electrons. The van der Waals surface area contributed by atoms with Crippen LogP contribution in [0.5, 0.6) is 0 Å². The molecule has 0 spiro atoms. The number of aromatic nitrogens is 2. The number of non-ortho nitro benzene ring substituents is 1. The molecule has 0 amide bonds. The lowest BCUT2D eigenvalue weighted by Crippen LogP contribution is -1.84. The van der Waals surface area contributed by atoms with Crippen LogP contribution in [0.4, 0.5) is 5.69 Å². The maximum absolute atomic E-state index is 10.0. The molecule has 0 N–H and O–H groups in total. The Labute approximate surface area is 79.3 Å². The monoisotopic (exact) mass is 193 g/mol. The Hall–Kier alpha value is -2.24. The zero-order valence-electron chi connectivity index (χ0n) is 7.11. The van der Waals surface area contributed by atoms with Gasteiger partial charge in [-0.2, -0.15) is 0 Å². The molecule has 1 aromatic heterocycles. The molecule has 1 aromatic carbocycles. The molecule has 0 aliphatic rings. The Morgan fingerprint density at radius 1 is 1.29 bits per heavy atom. The number of nitro benzene ring substituents is 1. The van der Waals surface area contributed by atoms with Gasteiger partial charge in [0.25, 0.3) is 5.69 Å². The molecular formula is C8H7N3O3. The molecule has 1 heterocycles. The van der Waals surface area contributed by atoms with Gasteiger partial charge in [-0.1, -0.05) is 18.2 Å². The van der Waals surface area contributed by atoms with Crippen LogP contribution in [0.2, 0.25) is 0 Å². The van der Waals surface area contributed by atoms with E-state index in [0.717, 1.165) is 0 Å². The fourth-order valence-corrected chi connectivity index (χ4v) is 0.686. The summed E-state index contributed by atoms with van der Waals surface area (Å²) in [7, 11) is 0. The zero-order valence-corrected chi connectivity index (χ0v) is 7.11. The fourth-order valence-electron chi connectivity index (χ4n) is 0.686. The molecule has 0 aliphatic carbocycles. The van der Waals surface area contributed by atoms with Gasteiger partial charge >= 0.3 is 0 Å². The molecule has 2 aromatic rings. The van der Waals surface area contributed by atoms with Crippen molar-refractivity contribution < 1.29 is 9.45 Å². The summed E-state index contributed by atoms with van der Waals surface area (Å²) in [5.41, 5.74) is 0.137. The van der Waals surface area contributed by atoms with Crippen LogP contribution in [0.25, 0.3) is 0 Å².